The minimum atomic E-state index is -0.121. The first-order valence-electron chi connectivity index (χ1n) is 5.08. The first-order chi connectivity index (χ1) is 7.10. The Morgan fingerprint density at radius 3 is 2.40 bits per heavy atom. The number of amides is 1. The first-order valence-corrected chi connectivity index (χ1v) is 5.08. The van der Waals surface area contributed by atoms with Gasteiger partial charge in [0.1, 0.15) is 0 Å². The molecule has 0 aromatic heterocycles. The molecule has 0 aromatic carbocycles. The Balaban J connectivity index is 4.77. The Kier molecular flexibility index (Phi) is 6.18. The van der Waals surface area contributed by atoms with E-state index in [0.29, 0.717) is 5.70 Å². The molecule has 0 radical (unpaired) electrons. The van der Waals surface area contributed by atoms with Gasteiger partial charge in [0.2, 0.25) is 0 Å². The second-order valence-corrected chi connectivity index (χ2v) is 3.16. The molecular formula is C12H20N2O. The number of hydrogen-bond donors (Lipinski definition) is 2. The van der Waals surface area contributed by atoms with Crippen molar-refractivity contribution in [2.24, 2.45) is 0 Å². The minimum absolute atomic E-state index is 0.121. The molecule has 0 aliphatic rings. The van der Waals surface area contributed by atoms with E-state index >= 15 is 0 Å². The highest BCUT2D eigenvalue weighted by Gasteiger charge is 2.10. The molecule has 1 amide bonds. The van der Waals surface area contributed by atoms with Gasteiger partial charge in [-0.25, -0.2) is 0 Å². The molecule has 2 N–H and O–H groups in total. The fourth-order valence-corrected chi connectivity index (χ4v) is 1.13. The lowest BCUT2D eigenvalue weighted by Crippen LogP contribution is -2.30. The summed E-state index contributed by atoms with van der Waals surface area (Å²) in [5.41, 5.74) is 2.38. The molecule has 0 unspecified atom stereocenters. The zero-order valence-electron chi connectivity index (χ0n) is 9.98. The van der Waals surface area contributed by atoms with Crippen molar-refractivity contribution in [2.45, 2.75) is 27.2 Å². The van der Waals surface area contributed by atoms with Crippen LogP contribution in [0.25, 0.3) is 0 Å². The summed E-state index contributed by atoms with van der Waals surface area (Å²) in [5.74, 6) is -0.121. The van der Waals surface area contributed by atoms with Crippen molar-refractivity contribution in [3.63, 3.8) is 0 Å². The van der Waals surface area contributed by atoms with Gasteiger partial charge in [0.05, 0.1) is 5.70 Å². The molecule has 3 heteroatoms. The molecule has 0 aliphatic carbocycles. The number of rotatable bonds is 5. The molecule has 0 atom stereocenters. The summed E-state index contributed by atoms with van der Waals surface area (Å²) in [7, 11) is 1.75. The van der Waals surface area contributed by atoms with Gasteiger partial charge >= 0.3 is 0 Å². The van der Waals surface area contributed by atoms with Crippen LogP contribution in [-0.2, 0) is 4.79 Å². The molecule has 3 nitrogen and oxygen atoms in total. The average Bonchev–Trinajstić information content (AvgIpc) is 2.26. The summed E-state index contributed by atoms with van der Waals surface area (Å²) in [5, 5.41) is 5.68. The van der Waals surface area contributed by atoms with Crippen molar-refractivity contribution in [2.75, 3.05) is 7.05 Å². The van der Waals surface area contributed by atoms with Crippen LogP contribution in [0.3, 0.4) is 0 Å². The van der Waals surface area contributed by atoms with Crippen molar-refractivity contribution >= 4 is 5.91 Å². The van der Waals surface area contributed by atoms with Crippen LogP contribution in [-0.4, -0.2) is 13.0 Å². The third-order valence-electron chi connectivity index (χ3n) is 2.22. The van der Waals surface area contributed by atoms with Gasteiger partial charge in [-0.3, -0.25) is 4.79 Å². The van der Waals surface area contributed by atoms with Crippen LogP contribution in [0.2, 0.25) is 0 Å². The summed E-state index contributed by atoms with van der Waals surface area (Å²) in [6.45, 7) is 9.43. The highest BCUT2D eigenvalue weighted by atomic mass is 16.2. The van der Waals surface area contributed by atoms with Crippen LogP contribution in [0.15, 0.2) is 35.7 Å². The number of nitrogens with one attached hydrogen (secondary N) is 2. The van der Waals surface area contributed by atoms with Gasteiger partial charge in [-0.1, -0.05) is 19.6 Å². The van der Waals surface area contributed by atoms with E-state index in [9.17, 15) is 4.79 Å². The molecule has 0 spiro atoms. The maximum Gasteiger partial charge on any atom is 0.271 e. The zero-order chi connectivity index (χ0) is 11.8. The second-order valence-electron chi connectivity index (χ2n) is 3.16. The summed E-state index contributed by atoms with van der Waals surface area (Å²) < 4.78 is 0. The number of hydrogen-bond acceptors (Lipinski definition) is 2. The van der Waals surface area contributed by atoms with Crippen LogP contribution in [0, 0.1) is 0 Å². The summed E-state index contributed by atoms with van der Waals surface area (Å²) >= 11 is 0. The number of carbonyl (C=O) groups excluding carboxylic acids is 1. The summed E-state index contributed by atoms with van der Waals surface area (Å²) in [4.78, 5) is 11.8. The van der Waals surface area contributed by atoms with Crippen molar-refractivity contribution in [3.8, 4) is 0 Å². The van der Waals surface area contributed by atoms with Gasteiger partial charge in [0.25, 0.3) is 5.91 Å². The molecule has 0 fully saturated rings. The Hall–Kier alpha value is -1.51. The van der Waals surface area contributed by atoms with E-state index in [0.717, 1.165) is 17.7 Å². The second kappa shape index (κ2) is 6.87. The van der Waals surface area contributed by atoms with Crippen molar-refractivity contribution in [1.29, 1.82) is 0 Å². The molecule has 84 valence electrons. The molecular weight excluding hydrogens is 188 g/mol. The van der Waals surface area contributed by atoms with Gasteiger partial charge in [-0.2, -0.15) is 0 Å². The van der Waals surface area contributed by atoms with E-state index in [1.54, 1.807) is 19.2 Å². The molecule has 0 aromatic rings. The highest BCUT2D eigenvalue weighted by Crippen LogP contribution is 2.05. The number of allylic oxidation sites excluding steroid dienone is 3. The van der Waals surface area contributed by atoms with Gasteiger partial charge in [0, 0.05) is 12.7 Å². The minimum Gasteiger partial charge on any atom is -0.384 e. The Labute approximate surface area is 91.9 Å². The Bertz CT molecular complexity index is 301. The largest absolute Gasteiger partial charge is 0.384 e. The third-order valence-corrected chi connectivity index (χ3v) is 2.22. The maximum absolute atomic E-state index is 11.8. The molecule has 0 aliphatic heterocycles. The predicted octanol–water partition coefficient (Wildman–Crippen LogP) is 2.10. The average molecular weight is 208 g/mol. The third kappa shape index (κ3) is 4.02. The van der Waals surface area contributed by atoms with Crippen molar-refractivity contribution < 1.29 is 4.79 Å². The Morgan fingerprint density at radius 1 is 1.47 bits per heavy atom. The van der Waals surface area contributed by atoms with Gasteiger partial charge < -0.3 is 10.6 Å². The predicted molar refractivity (Wildman–Crippen MR) is 64.1 cm³/mol. The smallest absolute Gasteiger partial charge is 0.271 e. The van der Waals surface area contributed by atoms with Crippen LogP contribution in [0.5, 0.6) is 0 Å². The molecule has 0 saturated carbocycles. The fourth-order valence-electron chi connectivity index (χ4n) is 1.13. The molecule has 0 rings (SSSR count). The first kappa shape index (κ1) is 13.5. The topological polar surface area (TPSA) is 41.1 Å². The van der Waals surface area contributed by atoms with E-state index in [1.165, 1.54) is 0 Å². The highest BCUT2D eigenvalue weighted by molar-refractivity contribution is 5.94. The van der Waals surface area contributed by atoms with Gasteiger partial charge in [-0.15, -0.1) is 0 Å². The Morgan fingerprint density at radius 2 is 2.07 bits per heavy atom. The van der Waals surface area contributed by atoms with Crippen molar-refractivity contribution in [3.05, 3.63) is 35.7 Å². The molecule has 0 heterocycles. The molecule has 0 saturated heterocycles. The van der Waals surface area contributed by atoms with Crippen LogP contribution in [0.4, 0.5) is 0 Å². The lowest BCUT2D eigenvalue weighted by Gasteiger charge is -2.11. The standard InChI is InChI=1S/C12H20N2O/c1-6-9(4)11(13-5)12(15)14-10(7-2)8-3/h7-8,13H,2,6H2,1,3-5H3,(H,14,15)/b10-8+,11-9-. The van der Waals surface area contributed by atoms with E-state index in [1.807, 2.05) is 20.8 Å². The lowest BCUT2D eigenvalue weighted by molar-refractivity contribution is -0.117. The normalized spacial score (nSPS) is 12.9. The van der Waals surface area contributed by atoms with E-state index in [-0.39, 0.29) is 5.91 Å². The SMILES string of the molecule is C=C/C(=C\C)NC(=O)/C(NC)=C(\C)CC. The van der Waals surface area contributed by atoms with Gasteiger partial charge in [0.15, 0.2) is 0 Å². The van der Waals surface area contributed by atoms with E-state index in [4.69, 9.17) is 0 Å². The zero-order valence-corrected chi connectivity index (χ0v) is 9.98. The number of carbonyl (C=O) groups is 1. The summed E-state index contributed by atoms with van der Waals surface area (Å²) in [6, 6.07) is 0. The van der Waals surface area contributed by atoms with Crippen molar-refractivity contribution in [1.82, 2.24) is 10.6 Å². The van der Waals surface area contributed by atoms with Crippen LogP contribution >= 0.6 is 0 Å². The fraction of sp³-hybridized carbons (Fsp3) is 0.417. The monoisotopic (exact) mass is 208 g/mol. The van der Waals surface area contributed by atoms with E-state index < -0.39 is 0 Å². The molecule has 15 heavy (non-hydrogen) atoms. The van der Waals surface area contributed by atoms with Gasteiger partial charge in [-0.05, 0) is 31.9 Å². The quantitative estimate of drug-likeness (QED) is 0.536. The summed E-state index contributed by atoms with van der Waals surface area (Å²) in [6.07, 6.45) is 4.27. The maximum atomic E-state index is 11.8. The van der Waals surface area contributed by atoms with Crippen LogP contribution in [0.1, 0.15) is 27.2 Å². The van der Waals surface area contributed by atoms with Crippen LogP contribution < -0.4 is 10.6 Å². The lowest BCUT2D eigenvalue weighted by atomic mass is 10.1. The number of likely N-dealkylation sites (N-methyl/N-ethyl adjacent to an activating group) is 1. The molecule has 0 bridgehead atoms. The van der Waals surface area contributed by atoms with E-state index in [2.05, 4.69) is 17.2 Å².